The number of amides is 1. The molecule has 1 N–H and O–H groups in total. The van der Waals surface area contributed by atoms with E-state index in [1.165, 1.54) is 4.90 Å². The molecule has 1 rings (SSSR count). The van der Waals surface area contributed by atoms with Gasteiger partial charge in [0, 0.05) is 6.54 Å². The normalized spacial score (nSPS) is 13.2. The van der Waals surface area contributed by atoms with Crippen LogP contribution in [0, 0.1) is 5.41 Å². The third-order valence-electron chi connectivity index (χ3n) is 3.58. The van der Waals surface area contributed by atoms with Crippen LogP contribution in [0.4, 0.5) is 4.79 Å². The molecule has 0 unspecified atom stereocenters. The molecule has 0 radical (unpaired) electrons. The summed E-state index contributed by atoms with van der Waals surface area (Å²) < 4.78 is 11.0. The van der Waals surface area contributed by atoms with Gasteiger partial charge in [-0.3, -0.25) is 4.90 Å². The number of nitrogens with zero attached hydrogens (tertiary/aromatic N) is 1. The van der Waals surface area contributed by atoms with E-state index in [0.29, 0.717) is 6.61 Å². The summed E-state index contributed by atoms with van der Waals surface area (Å²) in [7, 11) is 0. The lowest BCUT2D eigenvalue weighted by Crippen LogP contribution is -2.54. The molecule has 6 heteroatoms. The smallest absolute Gasteiger partial charge is 0.411 e. The fourth-order valence-electron chi connectivity index (χ4n) is 2.54. The second-order valence-corrected chi connectivity index (χ2v) is 8.32. The van der Waals surface area contributed by atoms with Crippen LogP contribution in [0.1, 0.15) is 47.1 Å². The van der Waals surface area contributed by atoms with E-state index in [0.717, 1.165) is 5.56 Å². The zero-order chi connectivity index (χ0) is 20.0. The molecule has 1 aromatic carbocycles. The van der Waals surface area contributed by atoms with Crippen LogP contribution in [-0.4, -0.2) is 46.9 Å². The first-order valence-electron chi connectivity index (χ1n) is 8.76. The predicted octanol–water partition coefficient (Wildman–Crippen LogP) is 3.94. The standard InChI is InChI=1S/C20H31NO5/c1-19(2,3)16(17(22)23)21(18(24)26-20(4,5)6)12-13-25-14-15-10-8-7-9-11-15/h7-11,16H,12-14H2,1-6H3,(H,22,23)/t16-/m1/s1. The minimum absolute atomic E-state index is 0.135. The van der Waals surface area contributed by atoms with Gasteiger partial charge in [-0.05, 0) is 31.7 Å². The van der Waals surface area contributed by atoms with Gasteiger partial charge in [0.25, 0.3) is 0 Å². The highest BCUT2D eigenvalue weighted by Gasteiger charge is 2.40. The Balaban J connectivity index is 2.82. The molecule has 0 saturated carbocycles. The van der Waals surface area contributed by atoms with Crippen molar-refractivity contribution < 1.29 is 24.2 Å². The van der Waals surface area contributed by atoms with E-state index in [9.17, 15) is 14.7 Å². The Morgan fingerprint density at radius 3 is 2.12 bits per heavy atom. The maximum Gasteiger partial charge on any atom is 0.411 e. The molecule has 6 nitrogen and oxygen atoms in total. The summed E-state index contributed by atoms with van der Waals surface area (Å²) in [5.74, 6) is -1.06. The van der Waals surface area contributed by atoms with Crippen molar-refractivity contribution in [3.8, 4) is 0 Å². The molecule has 0 spiro atoms. The molecule has 0 aliphatic rings. The Labute approximate surface area is 156 Å². The van der Waals surface area contributed by atoms with Gasteiger partial charge in [0.15, 0.2) is 0 Å². The SMILES string of the molecule is CC(C)(C)OC(=O)N(CCOCc1ccccc1)[C@H](C(=O)O)C(C)(C)C. The summed E-state index contributed by atoms with van der Waals surface area (Å²) in [6.45, 7) is 11.4. The van der Waals surface area contributed by atoms with E-state index in [1.807, 2.05) is 30.3 Å². The highest BCUT2D eigenvalue weighted by atomic mass is 16.6. The number of carboxylic acid groups (broad SMARTS) is 1. The summed E-state index contributed by atoms with van der Waals surface area (Å²) in [4.78, 5) is 25.7. The zero-order valence-electron chi connectivity index (χ0n) is 16.6. The van der Waals surface area contributed by atoms with Crippen molar-refractivity contribution >= 4 is 12.1 Å². The Kier molecular flexibility index (Phi) is 7.63. The largest absolute Gasteiger partial charge is 0.480 e. The summed E-state index contributed by atoms with van der Waals surface area (Å²) in [5.41, 5.74) is -0.342. The topological polar surface area (TPSA) is 76.1 Å². The maximum absolute atomic E-state index is 12.6. The lowest BCUT2D eigenvalue weighted by molar-refractivity contribution is -0.147. The van der Waals surface area contributed by atoms with Crippen molar-refractivity contribution in [1.29, 1.82) is 0 Å². The highest BCUT2D eigenvalue weighted by Crippen LogP contribution is 2.26. The molecule has 0 bridgehead atoms. The van der Waals surface area contributed by atoms with Crippen molar-refractivity contribution in [3.05, 3.63) is 35.9 Å². The molecule has 0 aliphatic heterocycles. The molecule has 0 saturated heterocycles. The van der Waals surface area contributed by atoms with E-state index in [1.54, 1.807) is 41.5 Å². The molecule has 0 fully saturated rings. The summed E-state index contributed by atoms with van der Waals surface area (Å²) >= 11 is 0. The van der Waals surface area contributed by atoms with Crippen LogP contribution >= 0.6 is 0 Å². The molecule has 146 valence electrons. The van der Waals surface area contributed by atoms with Gasteiger partial charge in [0.1, 0.15) is 11.6 Å². The van der Waals surface area contributed by atoms with Gasteiger partial charge in [0.2, 0.25) is 0 Å². The maximum atomic E-state index is 12.6. The van der Waals surface area contributed by atoms with Crippen LogP contribution in [0.25, 0.3) is 0 Å². The summed E-state index contributed by atoms with van der Waals surface area (Å²) in [6, 6.07) is 8.64. The number of hydrogen-bond acceptors (Lipinski definition) is 4. The monoisotopic (exact) mass is 365 g/mol. The van der Waals surface area contributed by atoms with Gasteiger partial charge >= 0.3 is 12.1 Å². The van der Waals surface area contributed by atoms with E-state index >= 15 is 0 Å². The third-order valence-corrected chi connectivity index (χ3v) is 3.58. The third kappa shape index (κ3) is 7.44. The molecule has 1 aromatic rings. The number of rotatable bonds is 7. The van der Waals surface area contributed by atoms with Crippen LogP contribution in [0.15, 0.2) is 30.3 Å². The van der Waals surface area contributed by atoms with Crippen LogP contribution in [0.2, 0.25) is 0 Å². The molecule has 0 heterocycles. The van der Waals surface area contributed by atoms with Crippen LogP contribution in [0.5, 0.6) is 0 Å². The number of carbonyl (C=O) groups is 2. The predicted molar refractivity (Wildman–Crippen MR) is 99.9 cm³/mol. The average molecular weight is 365 g/mol. The minimum Gasteiger partial charge on any atom is -0.480 e. The second kappa shape index (κ2) is 9.03. The molecule has 1 amide bonds. The van der Waals surface area contributed by atoms with Crippen LogP contribution in [0.3, 0.4) is 0 Å². The van der Waals surface area contributed by atoms with Gasteiger partial charge in [-0.2, -0.15) is 0 Å². The van der Waals surface area contributed by atoms with Crippen molar-refractivity contribution in [2.45, 2.75) is 59.8 Å². The van der Waals surface area contributed by atoms with Crippen molar-refractivity contribution in [3.63, 3.8) is 0 Å². The minimum atomic E-state index is -1.06. The number of benzene rings is 1. The van der Waals surface area contributed by atoms with Crippen LogP contribution < -0.4 is 0 Å². The quantitative estimate of drug-likeness (QED) is 0.741. The fraction of sp³-hybridized carbons (Fsp3) is 0.600. The van der Waals surface area contributed by atoms with Gasteiger partial charge < -0.3 is 14.6 Å². The van der Waals surface area contributed by atoms with Gasteiger partial charge in [-0.25, -0.2) is 9.59 Å². The van der Waals surface area contributed by atoms with Crippen molar-refractivity contribution in [2.75, 3.05) is 13.2 Å². The van der Waals surface area contributed by atoms with Crippen LogP contribution in [-0.2, 0) is 20.9 Å². The first kappa shape index (κ1) is 22.0. The number of aliphatic carboxylic acids is 1. The molecular weight excluding hydrogens is 334 g/mol. The number of carbonyl (C=O) groups excluding carboxylic acids is 1. The molecular formula is C20H31NO5. The molecule has 0 aliphatic carbocycles. The molecule has 26 heavy (non-hydrogen) atoms. The molecule has 0 aromatic heterocycles. The molecule has 1 atom stereocenters. The van der Waals surface area contributed by atoms with E-state index in [2.05, 4.69) is 0 Å². The average Bonchev–Trinajstić information content (AvgIpc) is 2.47. The number of ether oxygens (including phenoxy) is 2. The van der Waals surface area contributed by atoms with Gasteiger partial charge in [-0.1, -0.05) is 51.1 Å². The van der Waals surface area contributed by atoms with E-state index in [-0.39, 0.29) is 13.2 Å². The van der Waals surface area contributed by atoms with Crippen molar-refractivity contribution in [1.82, 2.24) is 4.90 Å². The van der Waals surface area contributed by atoms with E-state index < -0.39 is 29.1 Å². The lowest BCUT2D eigenvalue weighted by Gasteiger charge is -2.37. The van der Waals surface area contributed by atoms with Gasteiger partial charge in [-0.15, -0.1) is 0 Å². The summed E-state index contributed by atoms with van der Waals surface area (Å²) in [6.07, 6.45) is -0.650. The van der Waals surface area contributed by atoms with Gasteiger partial charge in [0.05, 0.1) is 13.2 Å². The number of hydrogen-bond donors (Lipinski definition) is 1. The Hall–Kier alpha value is -2.08. The zero-order valence-corrected chi connectivity index (χ0v) is 16.6. The Morgan fingerprint density at radius 2 is 1.65 bits per heavy atom. The highest BCUT2D eigenvalue weighted by molar-refractivity contribution is 5.81. The Morgan fingerprint density at radius 1 is 1.08 bits per heavy atom. The fourth-order valence-corrected chi connectivity index (χ4v) is 2.54. The number of carboxylic acids is 1. The first-order chi connectivity index (χ1) is 11.9. The Bertz CT molecular complexity index is 586. The van der Waals surface area contributed by atoms with Crippen molar-refractivity contribution in [2.24, 2.45) is 5.41 Å². The first-order valence-corrected chi connectivity index (χ1v) is 8.76. The lowest BCUT2D eigenvalue weighted by atomic mass is 9.85. The second-order valence-electron chi connectivity index (χ2n) is 8.32. The van der Waals surface area contributed by atoms with E-state index in [4.69, 9.17) is 9.47 Å². The summed E-state index contributed by atoms with van der Waals surface area (Å²) in [5, 5.41) is 9.67.